The molecule has 1 rings (SSSR count). The third-order valence-corrected chi connectivity index (χ3v) is 2.06. The van der Waals surface area contributed by atoms with Crippen LogP contribution >= 0.6 is 0 Å². The molecule has 10 heavy (non-hydrogen) atoms. The number of aldehydes is 1. The highest BCUT2D eigenvalue weighted by molar-refractivity contribution is 5.57. The Labute approximate surface area is 61.2 Å². The molecule has 0 spiro atoms. The van der Waals surface area contributed by atoms with Gasteiger partial charge in [0.2, 0.25) is 0 Å². The fourth-order valence-corrected chi connectivity index (χ4v) is 1.40. The maximum absolute atomic E-state index is 10.4. The van der Waals surface area contributed by atoms with Gasteiger partial charge in [0.15, 0.2) is 0 Å². The summed E-state index contributed by atoms with van der Waals surface area (Å²) in [6.45, 7) is 1.50. The fraction of sp³-hybridized carbons (Fsp3) is 0.857. The van der Waals surface area contributed by atoms with E-state index >= 15 is 0 Å². The summed E-state index contributed by atoms with van der Waals surface area (Å²) >= 11 is 0. The van der Waals surface area contributed by atoms with Crippen LogP contribution < -0.4 is 5.73 Å². The van der Waals surface area contributed by atoms with Crippen LogP contribution in [0.3, 0.4) is 0 Å². The van der Waals surface area contributed by atoms with E-state index in [1.165, 1.54) is 12.8 Å². The highest BCUT2D eigenvalue weighted by Crippen LogP contribution is 2.13. The highest BCUT2D eigenvalue weighted by Gasteiger charge is 2.19. The van der Waals surface area contributed by atoms with E-state index in [1.807, 2.05) is 4.90 Å². The van der Waals surface area contributed by atoms with Gasteiger partial charge in [0, 0.05) is 13.2 Å². The molecule has 0 bridgehead atoms. The number of nitrogens with zero attached hydrogens (tertiary/aromatic N) is 1. The van der Waals surface area contributed by atoms with Crippen LogP contribution in [0.1, 0.15) is 19.3 Å². The normalized spacial score (nSPS) is 28.3. The van der Waals surface area contributed by atoms with E-state index in [4.69, 9.17) is 5.73 Å². The van der Waals surface area contributed by atoms with Crippen molar-refractivity contribution in [3.8, 4) is 0 Å². The predicted octanol–water partition coefficient (Wildman–Crippen LogP) is -0.0440. The Morgan fingerprint density at radius 1 is 1.60 bits per heavy atom. The minimum Gasteiger partial charge on any atom is -0.318 e. The molecule has 0 aliphatic carbocycles. The summed E-state index contributed by atoms with van der Waals surface area (Å²) in [5, 5.41) is 0. The van der Waals surface area contributed by atoms with Gasteiger partial charge >= 0.3 is 0 Å². The van der Waals surface area contributed by atoms with Crippen molar-refractivity contribution in [2.75, 3.05) is 13.2 Å². The lowest BCUT2D eigenvalue weighted by Gasteiger charge is -2.30. The van der Waals surface area contributed by atoms with Crippen molar-refractivity contribution in [1.29, 1.82) is 0 Å². The number of likely N-dealkylation sites (tertiary alicyclic amines) is 1. The zero-order valence-corrected chi connectivity index (χ0v) is 6.12. The van der Waals surface area contributed by atoms with E-state index in [-0.39, 0.29) is 6.04 Å². The average molecular weight is 142 g/mol. The van der Waals surface area contributed by atoms with Crippen LogP contribution in [0.25, 0.3) is 0 Å². The largest absolute Gasteiger partial charge is 0.318 e. The topological polar surface area (TPSA) is 46.3 Å². The lowest BCUT2D eigenvalue weighted by molar-refractivity contribution is -0.113. The van der Waals surface area contributed by atoms with Gasteiger partial charge < -0.3 is 10.5 Å². The van der Waals surface area contributed by atoms with Crippen LogP contribution in [-0.4, -0.2) is 30.4 Å². The van der Waals surface area contributed by atoms with Crippen molar-refractivity contribution < 1.29 is 4.79 Å². The van der Waals surface area contributed by atoms with Gasteiger partial charge in [0.25, 0.3) is 0 Å². The Kier molecular flexibility index (Phi) is 2.83. The Bertz CT molecular complexity index is 116. The number of hydrogen-bond donors (Lipinski definition) is 1. The van der Waals surface area contributed by atoms with Crippen LogP contribution in [0.15, 0.2) is 0 Å². The zero-order chi connectivity index (χ0) is 7.40. The van der Waals surface area contributed by atoms with E-state index in [9.17, 15) is 4.79 Å². The Hall–Kier alpha value is -0.410. The van der Waals surface area contributed by atoms with Crippen LogP contribution in [0.2, 0.25) is 0 Å². The highest BCUT2D eigenvalue weighted by atomic mass is 16.1. The summed E-state index contributed by atoms with van der Waals surface area (Å²) in [6.07, 6.45) is 4.34. The van der Waals surface area contributed by atoms with Crippen molar-refractivity contribution in [1.82, 2.24) is 4.90 Å². The fourth-order valence-electron chi connectivity index (χ4n) is 1.40. The zero-order valence-electron chi connectivity index (χ0n) is 6.12. The Morgan fingerprint density at radius 2 is 2.40 bits per heavy atom. The minimum atomic E-state index is 0.0961. The standard InChI is InChI=1S/C7H14N2O/c8-6-9-4-2-1-3-7(9)5-10/h5,7H,1-4,6,8H2. The maximum Gasteiger partial charge on any atom is 0.137 e. The molecule has 1 aliphatic rings. The number of rotatable bonds is 2. The lowest BCUT2D eigenvalue weighted by atomic mass is 10.0. The number of hydrogen-bond acceptors (Lipinski definition) is 3. The first-order valence-electron chi connectivity index (χ1n) is 3.78. The van der Waals surface area contributed by atoms with Crippen LogP contribution in [-0.2, 0) is 4.79 Å². The van der Waals surface area contributed by atoms with E-state index in [1.54, 1.807) is 0 Å². The third-order valence-electron chi connectivity index (χ3n) is 2.06. The van der Waals surface area contributed by atoms with Crippen LogP contribution in [0.4, 0.5) is 0 Å². The number of piperidine rings is 1. The SMILES string of the molecule is NCN1CCCCC1C=O. The predicted molar refractivity (Wildman–Crippen MR) is 39.5 cm³/mol. The van der Waals surface area contributed by atoms with E-state index in [0.29, 0.717) is 6.67 Å². The van der Waals surface area contributed by atoms with Gasteiger partial charge in [-0.1, -0.05) is 6.42 Å². The van der Waals surface area contributed by atoms with Crippen molar-refractivity contribution >= 4 is 6.29 Å². The van der Waals surface area contributed by atoms with Crippen LogP contribution in [0, 0.1) is 0 Å². The monoisotopic (exact) mass is 142 g/mol. The van der Waals surface area contributed by atoms with Crippen LogP contribution in [0.5, 0.6) is 0 Å². The molecule has 2 N–H and O–H groups in total. The molecule has 0 amide bonds. The smallest absolute Gasteiger partial charge is 0.137 e. The molecule has 0 radical (unpaired) electrons. The van der Waals surface area contributed by atoms with E-state index < -0.39 is 0 Å². The van der Waals surface area contributed by atoms with Gasteiger partial charge in [0.05, 0.1) is 6.04 Å². The molecule has 0 saturated carbocycles. The molecule has 58 valence electrons. The second-order valence-corrected chi connectivity index (χ2v) is 2.69. The van der Waals surface area contributed by atoms with Crippen molar-refractivity contribution in [2.24, 2.45) is 5.73 Å². The first-order valence-corrected chi connectivity index (χ1v) is 3.78. The Morgan fingerprint density at radius 3 is 2.90 bits per heavy atom. The Balaban J connectivity index is 2.41. The molecule has 3 nitrogen and oxygen atoms in total. The summed E-state index contributed by atoms with van der Waals surface area (Å²) in [5.74, 6) is 0. The molecule has 0 aromatic carbocycles. The van der Waals surface area contributed by atoms with Crippen molar-refractivity contribution in [2.45, 2.75) is 25.3 Å². The summed E-state index contributed by atoms with van der Waals surface area (Å²) in [6, 6.07) is 0.0961. The van der Waals surface area contributed by atoms with Gasteiger partial charge in [-0.15, -0.1) is 0 Å². The summed E-state index contributed by atoms with van der Waals surface area (Å²) in [7, 11) is 0. The van der Waals surface area contributed by atoms with Gasteiger partial charge in [-0.3, -0.25) is 4.90 Å². The quantitative estimate of drug-likeness (QED) is 0.550. The first-order chi connectivity index (χ1) is 4.88. The number of carbonyl (C=O) groups is 1. The number of carbonyl (C=O) groups excluding carboxylic acids is 1. The van der Waals surface area contributed by atoms with Gasteiger partial charge in [-0.2, -0.15) is 0 Å². The molecule has 1 unspecified atom stereocenters. The molecule has 3 heteroatoms. The molecule has 1 saturated heterocycles. The van der Waals surface area contributed by atoms with E-state index in [0.717, 1.165) is 19.3 Å². The van der Waals surface area contributed by atoms with E-state index in [2.05, 4.69) is 0 Å². The van der Waals surface area contributed by atoms with Crippen molar-refractivity contribution in [3.05, 3.63) is 0 Å². The maximum atomic E-state index is 10.4. The van der Waals surface area contributed by atoms with Gasteiger partial charge in [0.1, 0.15) is 6.29 Å². The first kappa shape index (κ1) is 7.69. The molecular weight excluding hydrogens is 128 g/mol. The summed E-state index contributed by atoms with van der Waals surface area (Å²) in [4.78, 5) is 12.5. The van der Waals surface area contributed by atoms with Gasteiger partial charge in [-0.05, 0) is 12.8 Å². The average Bonchev–Trinajstić information content (AvgIpc) is 2.04. The molecule has 0 aromatic heterocycles. The lowest BCUT2D eigenvalue weighted by Crippen LogP contribution is -2.43. The summed E-state index contributed by atoms with van der Waals surface area (Å²) in [5.41, 5.74) is 5.44. The second-order valence-electron chi connectivity index (χ2n) is 2.69. The molecule has 1 fully saturated rings. The van der Waals surface area contributed by atoms with Gasteiger partial charge in [-0.25, -0.2) is 0 Å². The third kappa shape index (κ3) is 1.55. The molecule has 1 aliphatic heterocycles. The molecule has 0 aromatic rings. The van der Waals surface area contributed by atoms with Crippen molar-refractivity contribution in [3.63, 3.8) is 0 Å². The number of nitrogens with two attached hydrogens (primary N) is 1. The second kappa shape index (κ2) is 3.68. The minimum absolute atomic E-state index is 0.0961. The molecular formula is C7H14N2O. The summed E-state index contributed by atoms with van der Waals surface area (Å²) < 4.78 is 0. The molecule has 1 atom stereocenters. The molecule has 1 heterocycles.